The van der Waals surface area contributed by atoms with Crippen LogP contribution >= 0.6 is 0 Å². The van der Waals surface area contributed by atoms with Crippen LogP contribution in [0.2, 0.25) is 0 Å². The van der Waals surface area contributed by atoms with Crippen LogP contribution in [0.15, 0.2) is 53.4 Å². The van der Waals surface area contributed by atoms with Gasteiger partial charge in [0.05, 0.1) is 11.8 Å². The Bertz CT molecular complexity index is 1010. The zero-order chi connectivity index (χ0) is 22.5. The van der Waals surface area contributed by atoms with Crippen molar-refractivity contribution >= 4 is 21.6 Å². The van der Waals surface area contributed by atoms with Gasteiger partial charge in [0.15, 0.2) is 0 Å². The molecule has 0 spiro atoms. The lowest BCUT2D eigenvalue weighted by Crippen LogP contribution is -2.40. The molecule has 1 amide bonds. The smallest absolute Gasteiger partial charge is 0.243 e. The highest BCUT2D eigenvalue weighted by Gasteiger charge is 2.25. The van der Waals surface area contributed by atoms with Crippen molar-refractivity contribution in [2.75, 3.05) is 5.32 Å². The predicted octanol–water partition coefficient (Wildman–Crippen LogP) is 4.66. The molecule has 0 aliphatic heterocycles. The first-order valence-corrected chi connectivity index (χ1v) is 12.3. The summed E-state index contributed by atoms with van der Waals surface area (Å²) in [5.41, 5.74) is 0.671. The van der Waals surface area contributed by atoms with Gasteiger partial charge in [-0.3, -0.25) is 4.79 Å². The number of hydrogen-bond acceptors (Lipinski definition) is 4. The van der Waals surface area contributed by atoms with Crippen molar-refractivity contribution in [1.29, 1.82) is 0 Å². The highest BCUT2D eigenvalue weighted by Crippen LogP contribution is 2.25. The first kappa shape index (κ1) is 23.3. The molecule has 168 valence electrons. The zero-order valence-corrected chi connectivity index (χ0v) is 19.3. The summed E-state index contributed by atoms with van der Waals surface area (Å²) in [5.74, 6) is 0.607. The van der Waals surface area contributed by atoms with Gasteiger partial charge in [0.2, 0.25) is 15.9 Å². The van der Waals surface area contributed by atoms with Crippen LogP contribution in [0.4, 0.5) is 5.69 Å². The van der Waals surface area contributed by atoms with Crippen LogP contribution in [0.1, 0.15) is 58.4 Å². The summed E-state index contributed by atoms with van der Waals surface area (Å²) in [7, 11) is -3.76. The molecule has 2 aromatic carbocycles. The van der Waals surface area contributed by atoms with Gasteiger partial charge in [-0.2, -0.15) is 0 Å². The van der Waals surface area contributed by atoms with E-state index >= 15 is 0 Å². The zero-order valence-electron chi connectivity index (χ0n) is 18.5. The third-order valence-electron chi connectivity index (χ3n) is 5.04. The molecular weight excluding hydrogens is 412 g/mol. The second-order valence-corrected chi connectivity index (χ2v) is 10.7. The first-order valence-electron chi connectivity index (χ1n) is 10.8. The number of benzene rings is 2. The Morgan fingerprint density at radius 1 is 1.06 bits per heavy atom. The fourth-order valence-corrected chi connectivity index (χ4v) is 5.29. The third-order valence-corrected chi connectivity index (χ3v) is 6.85. The van der Waals surface area contributed by atoms with E-state index in [4.69, 9.17) is 4.74 Å². The number of anilines is 1. The summed E-state index contributed by atoms with van der Waals surface area (Å²) in [4.78, 5) is 12.6. The summed E-state index contributed by atoms with van der Waals surface area (Å²) in [6.45, 7) is 5.32. The van der Waals surface area contributed by atoms with E-state index in [2.05, 4.69) is 10.0 Å². The van der Waals surface area contributed by atoms with Crippen molar-refractivity contribution in [2.24, 2.45) is 0 Å². The number of sulfonamides is 1. The highest BCUT2D eigenvalue weighted by molar-refractivity contribution is 7.89. The molecule has 7 heteroatoms. The van der Waals surface area contributed by atoms with Gasteiger partial charge >= 0.3 is 0 Å². The van der Waals surface area contributed by atoms with Gasteiger partial charge in [0, 0.05) is 12.0 Å². The van der Waals surface area contributed by atoms with Crippen LogP contribution in [0, 0.1) is 0 Å². The number of hydrogen-bond donors (Lipinski definition) is 2. The highest BCUT2D eigenvalue weighted by atomic mass is 32.2. The average Bonchev–Trinajstić information content (AvgIpc) is 3.18. The summed E-state index contributed by atoms with van der Waals surface area (Å²) < 4.78 is 34.1. The predicted molar refractivity (Wildman–Crippen MR) is 123 cm³/mol. The van der Waals surface area contributed by atoms with Gasteiger partial charge in [-0.15, -0.1) is 0 Å². The van der Waals surface area contributed by atoms with Crippen molar-refractivity contribution in [1.82, 2.24) is 4.72 Å². The lowest BCUT2D eigenvalue weighted by molar-refractivity contribution is -0.116. The number of rotatable bonds is 8. The summed E-state index contributed by atoms with van der Waals surface area (Å²) in [5, 5.41) is 2.76. The minimum absolute atomic E-state index is 0.0604. The molecule has 0 radical (unpaired) electrons. The van der Waals surface area contributed by atoms with Gasteiger partial charge < -0.3 is 10.1 Å². The minimum atomic E-state index is -3.76. The SMILES string of the molecule is CC(C)(C)NS(=O)(=O)c1ccccc1NC(=O)CCc1cccc(OC2CCCC2)c1. The maximum atomic E-state index is 12.7. The van der Waals surface area contributed by atoms with Crippen LogP contribution in [0.5, 0.6) is 5.75 Å². The molecule has 1 aliphatic rings. The minimum Gasteiger partial charge on any atom is -0.490 e. The normalized spacial score (nSPS) is 15.1. The molecule has 0 saturated heterocycles. The molecule has 2 N–H and O–H groups in total. The number of carbonyl (C=O) groups is 1. The molecule has 2 aromatic rings. The molecule has 1 saturated carbocycles. The third kappa shape index (κ3) is 7.08. The van der Waals surface area contributed by atoms with E-state index in [1.54, 1.807) is 39.0 Å². The van der Waals surface area contributed by atoms with Crippen LogP contribution in [-0.4, -0.2) is 26.0 Å². The number of para-hydroxylation sites is 1. The van der Waals surface area contributed by atoms with Gasteiger partial charge in [-0.05, 0) is 82.7 Å². The van der Waals surface area contributed by atoms with Crippen molar-refractivity contribution in [3.63, 3.8) is 0 Å². The van der Waals surface area contributed by atoms with E-state index in [0.29, 0.717) is 12.5 Å². The van der Waals surface area contributed by atoms with Crippen molar-refractivity contribution < 1.29 is 17.9 Å². The number of nitrogens with one attached hydrogen (secondary N) is 2. The Kier molecular flexibility index (Phi) is 7.38. The summed E-state index contributed by atoms with van der Waals surface area (Å²) in [6.07, 6.45) is 5.70. The Hall–Kier alpha value is -2.38. The standard InChI is InChI=1S/C24H32N2O4S/c1-24(2,3)26-31(28,29)22-14-7-6-13-21(22)25-23(27)16-15-18-9-8-12-20(17-18)30-19-10-4-5-11-19/h6-9,12-14,17,19,26H,4-5,10-11,15-16H2,1-3H3,(H,25,27). The Morgan fingerprint density at radius 3 is 2.48 bits per heavy atom. The van der Waals surface area contributed by atoms with E-state index in [0.717, 1.165) is 24.2 Å². The van der Waals surface area contributed by atoms with Crippen LogP contribution < -0.4 is 14.8 Å². The monoisotopic (exact) mass is 444 g/mol. The van der Waals surface area contributed by atoms with E-state index in [-0.39, 0.29) is 22.9 Å². The Labute approximate surface area is 185 Å². The van der Waals surface area contributed by atoms with Gasteiger partial charge in [-0.1, -0.05) is 24.3 Å². The van der Waals surface area contributed by atoms with E-state index in [1.807, 2.05) is 24.3 Å². The molecular formula is C24H32N2O4S. The molecule has 0 heterocycles. The van der Waals surface area contributed by atoms with Gasteiger partial charge in [-0.25, -0.2) is 13.1 Å². The summed E-state index contributed by atoms with van der Waals surface area (Å²) >= 11 is 0. The average molecular weight is 445 g/mol. The molecule has 31 heavy (non-hydrogen) atoms. The molecule has 0 aromatic heterocycles. The fourth-order valence-electron chi connectivity index (χ4n) is 3.71. The first-order chi connectivity index (χ1) is 14.6. The lowest BCUT2D eigenvalue weighted by Gasteiger charge is -2.21. The van der Waals surface area contributed by atoms with Gasteiger partial charge in [0.1, 0.15) is 10.6 Å². The van der Waals surface area contributed by atoms with Crippen LogP contribution in [-0.2, 0) is 21.2 Å². The molecule has 3 rings (SSSR count). The summed E-state index contributed by atoms with van der Waals surface area (Å²) in [6, 6.07) is 14.3. The van der Waals surface area contributed by atoms with Gasteiger partial charge in [0.25, 0.3) is 0 Å². The number of ether oxygens (including phenoxy) is 1. The molecule has 0 bridgehead atoms. The molecule has 0 atom stereocenters. The van der Waals surface area contributed by atoms with E-state index < -0.39 is 15.6 Å². The maximum absolute atomic E-state index is 12.7. The maximum Gasteiger partial charge on any atom is 0.243 e. The van der Waals surface area contributed by atoms with Crippen LogP contribution in [0.25, 0.3) is 0 Å². The second kappa shape index (κ2) is 9.83. The topological polar surface area (TPSA) is 84.5 Å². The fraction of sp³-hybridized carbons (Fsp3) is 0.458. The largest absolute Gasteiger partial charge is 0.490 e. The molecule has 1 aliphatic carbocycles. The second-order valence-electron chi connectivity index (χ2n) is 9.07. The Balaban J connectivity index is 1.62. The van der Waals surface area contributed by atoms with E-state index in [1.165, 1.54) is 18.9 Å². The lowest BCUT2D eigenvalue weighted by atomic mass is 10.1. The van der Waals surface area contributed by atoms with Crippen molar-refractivity contribution in [3.8, 4) is 5.75 Å². The van der Waals surface area contributed by atoms with Crippen LogP contribution in [0.3, 0.4) is 0 Å². The molecule has 1 fully saturated rings. The number of aryl methyl sites for hydroxylation is 1. The number of amides is 1. The van der Waals surface area contributed by atoms with Crippen molar-refractivity contribution in [3.05, 3.63) is 54.1 Å². The molecule has 0 unspecified atom stereocenters. The molecule has 6 nitrogen and oxygen atoms in total. The van der Waals surface area contributed by atoms with Crippen molar-refractivity contribution in [2.45, 2.75) is 75.8 Å². The number of carbonyl (C=O) groups excluding carboxylic acids is 1. The van der Waals surface area contributed by atoms with E-state index in [9.17, 15) is 13.2 Å². The quantitative estimate of drug-likeness (QED) is 0.620. The Morgan fingerprint density at radius 2 is 1.77 bits per heavy atom.